The molecule has 2 heterocycles. The van der Waals surface area contributed by atoms with Crippen LogP contribution in [-0.4, -0.2) is 15.1 Å². The number of rotatable bonds is 3. The lowest BCUT2D eigenvalue weighted by Gasteiger charge is -2.18. The van der Waals surface area contributed by atoms with Crippen LogP contribution in [0, 0.1) is 27.7 Å². The number of aromatic amines is 2. The zero-order chi connectivity index (χ0) is 15.9. The average Bonchev–Trinajstić information content (AvgIpc) is 2.93. The Morgan fingerprint density at radius 2 is 1.36 bits per heavy atom. The molecular formula is C19H22N2O. The summed E-state index contributed by atoms with van der Waals surface area (Å²) in [7, 11) is 0. The molecule has 0 amide bonds. The van der Waals surface area contributed by atoms with Crippen molar-refractivity contribution >= 4 is 0 Å². The summed E-state index contributed by atoms with van der Waals surface area (Å²) in [4.78, 5) is 6.99. The fraction of sp³-hybridized carbons (Fsp3) is 0.263. The maximum Gasteiger partial charge on any atom is 0.115 e. The summed E-state index contributed by atoms with van der Waals surface area (Å²) in [6.45, 7) is 8.39. The van der Waals surface area contributed by atoms with E-state index in [0.29, 0.717) is 5.75 Å². The van der Waals surface area contributed by atoms with Crippen molar-refractivity contribution < 1.29 is 5.11 Å². The molecule has 3 nitrogen and oxygen atoms in total. The minimum atomic E-state index is 0.0644. The zero-order valence-corrected chi connectivity index (χ0v) is 13.5. The Balaban J connectivity index is 2.22. The van der Waals surface area contributed by atoms with E-state index in [0.717, 1.165) is 17.0 Å². The van der Waals surface area contributed by atoms with Gasteiger partial charge < -0.3 is 15.1 Å². The molecule has 0 saturated heterocycles. The van der Waals surface area contributed by atoms with Gasteiger partial charge in [0.15, 0.2) is 0 Å². The summed E-state index contributed by atoms with van der Waals surface area (Å²) in [6.07, 6.45) is 0. The van der Waals surface area contributed by atoms with Crippen molar-refractivity contribution in [2.24, 2.45) is 0 Å². The third-order valence-electron chi connectivity index (χ3n) is 4.16. The Bertz CT molecular complexity index is 764. The van der Waals surface area contributed by atoms with E-state index in [1.165, 1.54) is 22.5 Å². The topological polar surface area (TPSA) is 51.8 Å². The normalized spacial score (nSPS) is 11.3. The number of phenolic OH excluding ortho intramolecular Hbond substituents is 1. The molecule has 3 rings (SSSR count). The highest BCUT2D eigenvalue weighted by molar-refractivity contribution is 5.47. The van der Waals surface area contributed by atoms with Crippen molar-refractivity contribution in [1.29, 1.82) is 0 Å². The molecule has 2 aromatic heterocycles. The molecule has 22 heavy (non-hydrogen) atoms. The lowest BCUT2D eigenvalue weighted by molar-refractivity contribution is 0.474. The number of nitrogens with one attached hydrogen (secondary N) is 2. The van der Waals surface area contributed by atoms with Gasteiger partial charge in [-0.3, -0.25) is 0 Å². The van der Waals surface area contributed by atoms with Crippen molar-refractivity contribution in [1.82, 2.24) is 9.97 Å². The third-order valence-corrected chi connectivity index (χ3v) is 4.16. The first-order valence-corrected chi connectivity index (χ1v) is 7.57. The Morgan fingerprint density at radius 1 is 0.818 bits per heavy atom. The highest BCUT2D eigenvalue weighted by atomic mass is 16.3. The summed E-state index contributed by atoms with van der Waals surface area (Å²) in [6, 6.07) is 11.8. The summed E-state index contributed by atoms with van der Waals surface area (Å²) in [5.74, 6) is 0.360. The Kier molecular flexibility index (Phi) is 3.57. The molecule has 3 N–H and O–H groups in total. The molecule has 0 bridgehead atoms. The molecule has 0 unspecified atom stereocenters. The summed E-state index contributed by atoms with van der Waals surface area (Å²) in [5.41, 5.74) is 8.20. The minimum Gasteiger partial charge on any atom is -0.508 e. The lowest BCUT2D eigenvalue weighted by atomic mass is 9.89. The molecule has 0 saturated carbocycles. The van der Waals surface area contributed by atoms with Gasteiger partial charge in [-0.1, -0.05) is 12.1 Å². The van der Waals surface area contributed by atoms with E-state index < -0.39 is 0 Å². The summed E-state index contributed by atoms with van der Waals surface area (Å²) >= 11 is 0. The highest BCUT2D eigenvalue weighted by Gasteiger charge is 2.23. The van der Waals surface area contributed by atoms with Gasteiger partial charge in [0.05, 0.1) is 5.92 Å². The van der Waals surface area contributed by atoms with Crippen LogP contribution in [0.2, 0.25) is 0 Å². The summed E-state index contributed by atoms with van der Waals surface area (Å²) in [5, 5.41) is 9.88. The number of benzene rings is 1. The molecule has 3 heteroatoms. The van der Waals surface area contributed by atoms with Gasteiger partial charge in [0.2, 0.25) is 0 Å². The van der Waals surface area contributed by atoms with Gasteiger partial charge in [0.25, 0.3) is 0 Å². The molecule has 0 spiro atoms. The van der Waals surface area contributed by atoms with Crippen molar-refractivity contribution in [3.63, 3.8) is 0 Å². The maximum atomic E-state index is 9.88. The van der Waals surface area contributed by atoms with E-state index in [-0.39, 0.29) is 5.92 Å². The largest absolute Gasteiger partial charge is 0.508 e. The standard InChI is InChI=1S/C19H22N2O/c1-11-8-13(3)20-18(11)17(15-6-5-7-16(22)10-15)19-12(2)9-14(4)21-19/h5-10,17,20-22H,1-4H3. The predicted octanol–water partition coefficient (Wildman–Crippen LogP) is 4.46. The number of aryl methyl sites for hydroxylation is 4. The van der Waals surface area contributed by atoms with E-state index in [2.05, 4.69) is 55.9 Å². The molecule has 0 radical (unpaired) electrons. The van der Waals surface area contributed by atoms with Crippen LogP contribution in [0.15, 0.2) is 36.4 Å². The Labute approximate surface area is 131 Å². The fourth-order valence-electron chi connectivity index (χ4n) is 3.28. The SMILES string of the molecule is Cc1cc(C)c(C(c2cccc(O)c2)c2[nH]c(C)cc2C)[nH]1. The van der Waals surface area contributed by atoms with Crippen LogP contribution in [0.5, 0.6) is 5.75 Å². The van der Waals surface area contributed by atoms with Crippen molar-refractivity contribution in [2.75, 3.05) is 0 Å². The molecule has 0 atom stereocenters. The molecular weight excluding hydrogens is 272 g/mol. The van der Waals surface area contributed by atoms with Crippen LogP contribution in [0.1, 0.15) is 45.4 Å². The number of aromatic hydroxyl groups is 1. The van der Waals surface area contributed by atoms with Crippen molar-refractivity contribution in [3.8, 4) is 5.75 Å². The van der Waals surface area contributed by atoms with E-state index in [4.69, 9.17) is 0 Å². The van der Waals surface area contributed by atoms with Gasteiger partial charge >= 0.3 is 0 Å². The summed E-state index contributed by atoms with van der Waals surface area (Å²) < 4.78 is 0. The second-order valence-corrected chi connectivity index (χ2v) is 6.13. The molecule has 0 aliphatic heterocycles. The molecule has 0 aliphatic carbocycles. The van der Waals surface area contributed by atoms with E-state index in [9.17, 15) is 5.11 Å². The second-order valence-electron chi connectivity index (χ2n) is 6.13. The van der Waals surface area contributed by atoms with Crippen LogP contribution in [-0.2, 0) is 0 Å². The number of hydrogen-bond acceptors (Lipinski definition) is 1. The number of H-pyrrole nitrogens is 2. The van der Waals surface area contributed by atoms with E-state index in [1.54, 1.807) is 6.07 Å². The van der Waals surface area contributed by atoms with Gasteiger partial charge in [-0.15, -0.1) is 0 Å². The minimum absolute atomic E-state index is 0.0644. The number of aromatic nitrogens is 2. The maximum absolute atomic E-state index is 9.88. The fourth-order valence-corrected chi connectivity index (χ4v) is 3.28. The van der Waals surface area contributed by atoms with Gasteiger partial charge in [0.1, 0.15) is 5.75 Å². The molecule has 0 fully saturated rings. The molecule has 3 aromatic rings. The number of phenols is 1. The van der Waals surface area contributed by atoms with Crippen LogP contribution in [0.25, 0.3) is 0 Å². The van der Waals surface area contributed by atoms with Crippen LogP contribution in [0.4, 0.5) is 0 Å². The van der Waals surface area contributed by atoms with Gasteiger partial charge in [0, 0.05) is 22.8 Å². The number of hydrogen-bond donors (Lipinski definition) is 3. The Morgan fingerprint density at radius 3 is 1.77 bits per heavy atom. The van der Waals surface area contributed by atoms with Crippen molar-refractivity contribution in [2.45, 2.75) is 33.6 Å². The lowest BCUT2D eigenvalue weighted by Crippen LogP contribution is -2.07. The van der Waals surface area contributed by atoms with Crippen LogP contribution >= 0.6 is 0 Å². The van der Waals surface area contributed by atoms with Gasteiger partial charge in [-0.05, 0) is 68.7 Å². The first kappa shape index (κ1) is 14.5. The van der Waals surface area contributed by atoms with E-state index in [1.807, 2.05) is 12.1 Å². The van der Waals surface area contributed by atoms with E-state index >= 15 is 0 Å². The third kappa shape index (κ3) is 2.54. The smallest absolute Gasteiger partial charge is 0.115 e. The van der Waals surface area contributed by atoms with Crippen molar-refractivity contribution in [3.05, 3.63) is 75.9 Å². The Hall–Kier alpha value is -2.42. The van der Waals surface area contributed by atoms with Gasteiger partial charge in [-0.25, -0.2) is 0 Å². The quantitative estimate of drug-likeness (QED) is 0.656. The average molecular weight is 294 g/mol. The zero-order valence-electron chi connectivity index (χ0n) is 13.5. The molecule has 0 aliphatic rings. The molecule has 114 valence electrons. The monoisotopic (exact) mass is 294 g/mol. The predicted molar refractivity (Wildman–Crippen MR) is 89.6 cm³/mol. The molecule has 1 aromatic carbocycles. The highest BCUT2D eigenvalue weighted by Crippen LogP contribution is 2.36. The first-order valence-electron chi connectivity index (χ1n) is 7.57. The van der Waals surface area contributed by atoms with Crippen LogP contribution in [0.3, 0.4) is 0 Å². The first-order chi connectivity index (χ1) is 10.5. The van der Waals surface area contributed by atoms with Gasteiger partial charge in [-0.2, -0.15) is 0 Å². The van der Waals surface area contributed by atoms with Crippen LogP contribution < -0.4 is 0 Å². The second kappa shape index (κ2) is 5.41.